The summed E-state index contributed by atoms with van der Waals surface area (Å²) in [6.07, 6.45) is 1.54. The molecule has 22 heavy (non-hydrogen) atoms. The first-order valence-corrected chi connectivity index (χ1v) is 8.14. The lowest BCUT2D eigenvalue weighted by atomic mass is 10.2. The highest BCUT2D eigenvalue weighted by Crippen LogP contribution is 2.40. The largest absolute Gasteiger partial charge is 0.379 e. The maximum atomic E-state index is 12.9. The molecule has 5 nitrogen and oxygen atoms in total. The van der Waals surface area contributed by atoms with Gasteiger partial charge in [0.05, 0.1) is 18.2 Å². The Hall–Kier alpha value is -1.63. The van der Waals surface area contributed by atoms with Gasteiger partial charge in [-0.05, 0) is 19.1 Å². The Labute approximate surface area is 133 Å². The van der Waals surface area contributed by atoms with E-state index in [2.05, 4.69) is 4.90 Å². The maximum Gasteiger partial charge on any atom is 0.260 e. The summed E-state index contributed by atoms with van der Waals surface area (Å²) >= 11 is 1.44. The Morgan fingerprint density at radius 1 is 1.27 bits per heavy atom. The lowest BCUT2D eigenvalue weighted by molar-refractivity contribution is -0.121. The first kappa shape index (κ1) is 15.3. The Balaban J connectivity index is 1.91. The fourth-order valence-electron chi connectivity index (χ4n) is 2.58. The second kappa shape index (κ2) is 6.64. The zero-order valence-corrected chi connectivity index (χ0v) is 13.2. The van der Waals surface area contributed by atoms with Crippen LogP contribution in [0.3, 0.4) is 0 Å². The third-order valence-electron chi connectivity index (χ3n) is 3.60. The van der Waals surface area contributed by atoms with E-state index in [4.69, 9.17) is 4.74 Å². The number of anilines is 1. The molecule has 2 aliphatic rings. The van der Waals surface area contributed by atoms with Gasteiger partial charge in [-0.2, -0.15) is 0 Å². The van der Waals surface area contributed by atoms with E-state index >= 15 is 0 Å². The summed E-state index contributed by atoms with van der Waals surface area (Å²) in [6, 6.07) is 9.45. The van der Waals surface area contributed by atoms with Crippen LogP contribution in [0.1, 0.15) is 6.92 Å². The topological polar surface area (TPSA) is 49.9 Å². The molecule has 0 radical (unpaired) electrons. The average molecular weight is 318 g/mol. The van der Waals surface area contributed by atoms with Crippen molar-refractivity contribution in [1.29, 1.82) is 0 Å². The Kier molecular flexibility index (Phi) is 4.61. The number of benzene rings is 1. The molecule has 1 unspecified atom stereocenters. The van der Waals surface area contributed by atoms with Gasteiger partial charge in [-0.3, -0.25) is 19.4 Å². The van der Waals surface area contributed by atoms with E-state index in [9.17, 15) is 9.59 Å². The second-order valence-corrected chi connectivity index (χ2v) is 6.32. The number of morpholine rings is 1. The number of thioether (sulfide) groups is 1. The zero-order chi connectivity index (χ0) is 15.5. The number of hydrogen-bond donors (Lipinski definition) is 0. The molecule has 1 amide bonds. The van der Waals surface area contributed by atoms with Crippen LogP contribution < -0.4 is 4.90 Å². The van der Waals surface area contributed by atoms with Gasteiger partial charge >= 0.3 is 0 Å². The van der Waals surface area contributed by atoms with Gasteiger partial charge in [-0.25, -0.2) is 0 Å². The molecule has 0 saturated carbocycles. The SMILES string of the molecule is CC(=O)C=C1SC(N2CCOCC2)C(=O)N1c1ccccc1. The van der Waals surface area contributed by atoms with Crippen molar-refractivity contribution < 1.29 is 14.3 Å². The van der Waals surface area contributed by atoms with Crippen molar-refractivity contribution >= 4 is 29.1 Å². The highest BCUT2D eigenvalue weighted by Gasteiger charge is 2.41. The number of carbonyl (C=O) groups excluding carboxylic acids is 2. The minimum atomic E-state index is -0.283. The van der Waals surface area contributed by atoms with Crippen molar-refractivity contribution in [2.75, 3.05) is 31.2 Å². The van der Waals surface area contributed by atoms with E-state index in [0.29, 0.717) is 18.2 Å². The number of hydrogen-bond acceptors (Lipinski definition) is 5. The Bertz CT molecular complexity index is 597. The van der Waals surface area contributed by atoms with Gasteiger partial charge in [0.25, 0.3) is 5.91 Å². The monoisotopic (exact) mass is 318 g/mol. The van der Waals surface area contributed by atoms with Gasteiger partial charge < -0.3 is 4.74 Å². The van der Waals surface area contributed by atoms with Gasteiger partial charge in [-0.1, -0.05) is 30.0 Å². The highest BCUT2D eigenvalue weighted by molar-refractivity contribution is 8.05. The maximum absolute atomic E-state index is 12.9. The molecule has 0 bridgehead atoms. The minimum Gasteiger partial charge on any atom is -0.379 e. The summed E-state index contributed by atoms with van der Waals surface area (Å²) in [5, 5.41) is 0.412. The molecule has 2 saturated heterocycles. The van der Waals surface area contributed by atoms with E-state index in [1.807, 2.05) is 30.3 Å². The first-order chi connectivity index (χ1) is 10.7. The van der Waals surface area contributed by atoms with Gasteiger partial charge in [-0.15, -0.1) is 0 Å². The molecule has 2 heterocycles. The summed E-state index contributed by atoms with van der Waals surface area (Å²) in [4.78, 5) is 28.1. The Morgan fingerprint density at radius 3 is 2.59 bits per heavy atom. The molecule has 3 rings (SSSR count). The summed E-state index contributed by atoms with van der Waals surface area (Å²) in [6.45, 7) is 4.25. The van der Waals surface area contributed by atoms with Crippen LogP contribution >= 0.6 is 11.8 Å². The van der Waals surface area contributed by atoms with Crippen molar-refractivity contribution in [3.63, 3.8) is 0 Å². The molecule has 0 spiro atoms. The zero-order valence-electron chi connectivity index (χ0n) is 12.4. The first-order valence-electron chi connectivity index (χ1n) is 7.26. The van der Waals surface area contributed by atoms with Gasteiger partial charge in [0.2, 0.25) is 0 Å². The second-order valence-electron chi connectivity index (χ2n) is 5.22. The lowest BCUT2D eigenvalue weighted by Crippen LogP contribution is -2.46. The summed E-state index contributed by atoms with van der Waals surface area (Å²) in [5.41, 5.74) is 0.795. The van der Waals surface area contributed by atoms with Crippen LogP contribution in [0.25, 0.3) is 0 Å². The number of ether oxygens (including phenoxy) is 1. The van der Waals surface area contributed by atoms with E-state index < -0.39 is 0 Å². The van der Waals surface area contributed by atoms with Crippen LogP contribution in [0.4, 0.5) is 5.69 Å². The van der Waals surface area contributed by atoms with Gasteiger partial charge in [0, 0.05) is 24.9 Å². The molecular weight excluding hydrogens is 300 g/mol. The van der Waals surface area contributed by atoms with Crippen LogP contribution in [-0.4, -0.2) is 48.3 Å². The number of amides is 1. The summed E-state index contributed by atoms with van der Waals surface area (Å²) < 4.78 is 5.35. The Morgan fingerprint density at radius 2 is 1.95 bits per heavy atom. The molecule has 0 aliphatic carbocycles. The molecule has 1 atom stereocenters. The average Bonchev–Trinajstić information content (AvgIpc) is 2.85. The summed E-state index contributed by atoms with van der Waals surface area (Å²) in [5.74, 6) is -0.0514. The summed E-state index contributed by atoms with van der Waals surface area (Å²) in [7, 11) is 0. The van der Waals surface area contributed by atoms with Crippen LogP contribution in [0.2, 0.25) is 0 Å². The smallest absolute Gasteiger partial charge is 0.260 e. The molecule has 2 aliphatic heterocycles. The number of allylic oxidation sites excluding steroid dienone is 1. The van der Waals surface area contributed by atoms with E-state index in [1.165, 1.54) is 24.8 Å². The number of para-hydroxylation sites is 1. The highest BCUT2D eigenvalue weighted by atomic mass is 32.2. The third-order valence-corrected chi connectivity index (χ3v) is 4.87. The van der Waals surface area contributed by atoms with Gasteiger partial charge in [0.1, 0.15) is 5.37 Å². The van der Waals surface area contributed by atoms with Crippen molar-refractivity contribution in [2.45, 2.75) is 12.3 Å². The van der Waals surface area contributed by atoms with Crippen molar-refractivity contribution in [1.82, 2.24) is 4.90 Å². The molecule has 0 N–H and O–H groups in total. The number of nitrogens with zero attached hydrogens (tertiary/aromatic N) is 2. The van der Waals surface area contributed by atoms with Crippen LogP contribution in [0.15, 0.2) is 41.4 Å². The molecule has 1 aromatic rings. The minimum absolute atomic E-state index is 0.00519. The van der Waals surface area contributed by atoms with Crippen molar-refractivity contribution in [3.8, 4) is 0 Å². The fourth-order valence-corrected chi connectivity index (χ4v) is 3.91. The molecule has 6 heteroatoms. The fraction of sp³-hybridized carbons (Fsp3) is 0.375. The van der Waals surface area contributed by atoms with Crippen molar-refractivity contribution in [2.24, 2.45) is 0 Å². The van der Waals surface area contributed by atoms with E-state index in [1.54, 1.807) is 4.90 Å². The molecule has 2 fully saturated rings. The third kappa shape index (κ3) is 3.09. The van der Waals surface area contributed by atoms with Crippen LogP contribution in [0, 0.1) is 0 Å². The predicted octanol–water partition coefficient (Wildman–Crippen LogP) is 1.86. The number of ketones is 1. The van der Waals surface area contributed by atoms with Crippen LogP contribution in [-0.2, 0) is 14.3 Å². The quantitative estimate of drug-likeness (QED) is 0.796. The number of carbonyl (C=O) groups is 2. The molecule has 0 aromatic heterocycles. The van der Waals surface area contributed by atoms with Crippen LogP contribution in [0.5, 0.6) is 0 Å². The normalized spacial score (nSPS) is 25.0. The standard InChI is InChI=1S/C16H18N2O3S/c1-12(19)11-14-18(13-5-3-2-4-6-13)15(20)16(22-14)17-7-9-21-10-8-17/h2-6,11,16H,7-10H2,1H3. The molecular formula is C16H18N2O3S. The predicted molar refractivity (Wildman–Crippen MR) is 86.5 cm³/mol. The van der Waals surface area contributed by atoms with Crippen molar-refractivity contribution in [3.05, 3.63) is 41.4 Å². The molecule has 116 valence electrons. The van der Waals surface area contributed by atoms with E-state index in [-0.39, 0.29) is 17.1 Å². The molecule has 1 aromatic carbocycles. The number of rotatable bonds is 3. The van der Waals surface area contributed by atoms with E-state index in [0.717, 1.165) is 18.8 Å². The van der Waals surface area contributed by atoms with Gasteiger partial charge in [0.15, 0.2) is 5.78 Å². The lowest BCUT2D eigenvalue weighted by Gasteiger charge is -2.30.